The van der Waals surface area contributed by atoms with E-state index in [1.807, 2.05) is 6.07 Å². The molecule has 1 aliphatic rings. The Hall–Kier alpha value is -1.09. The smallest absolute Gasteiger partial charge is 0.125 e. The number of anilines is 1. The first-order chi connectivity index (χ1) is 9.10. The molecule has 1 heterocycles. The molecule has 1 aromatic rings. The number of halogens is 1. The molecule has 106 valence electrons. The van der Waals surface area contributed by atoms with Crippen LogP contribution >= 0.6 is 0 Å². The summed E-state index contributed by atoms with van der Waals surface area (Å²) in [4.78, 5) is 2.31. The van der Waals surface area contributed by atoms with Crippen molar-refractivity contribution in [3.8, 4) is 0 Å². The first kappa shape index (κ1) is 14.3. The number of fused-ring (bicyclic) bond motifs is 1. The predicted molar refractivity (Wildman–Crippen MR) is 78.9 cm³/mol. The molecular formula is C16H25FN2. The number of benzene rings is 1. The maximum atomic E-state index is 13.3. The van der Waals surface area contributed by atoms with Crippen molar-refractivity contribution in [3.63, 3.8) is 0 Å². The Bertz CT molecular complexity index is 417. The molecule has 3 heteroatoms. The Morgan fingerprint density at radius 3 is 2.84 bits per heavy atom. The van der Waals surface area contributed by atoms with Gasteiger partial charge in [-0.25, -0.2) is 4.39 Å². The van der Waals surface area contributed by atoms with Gasteiger partial charge in [-0.2, -0.15) is 0 Å². The number of nitrogens with two attached hydrogens (primary N) is 1. The van der Waals surface area contributed by atoms with Crippen molar-refractivity contribution in [1.29, 1.82) is 0 Å². The molecule has 0 saturated carbocycles. The van der Waals surface area contributed by atoms with Crippen LogP contribution in [0.1, 0.15) is 32.3 Å². The fourth-order valence-corrected chi connectivity index (χ4v) is 2.99. The molecule has 0 spiro atoms. The van der Waals surface area contributed by atoms with Crippen LogP contribution in [0.3, 0.4) is 0 Å². The second-order valence-corrected chi connectivity index (χ2v) is 6.03. The van der Waals surface area contributed by atoms with Crippen molar-refractivity contribution in [1.82, 2.24) is 0 Å². The molecule has 1 unspecified atom stereocenters. The van der Waals surface area contributed by atoms with Crippen LogP contribution in [0.15, 0.2) is 18.2 Å². The van der Waals surface area contributed by atoms with E-state index in [0.717, 1.165) is 38.2 Å². The SMILES string of the molecule is CC(C)CC(CN)CCN1CCc2ccc(F)cc21. The van der Waals surface area contributed by atoms with Crippen LogP contribution in [-0.4, -0.2) is 19.6 Å². The Labute approximate surface area is 115 Å². The fourth-order valence-electron chi connectivity index (χ4n) is 2.99. The highest BCUT2D eigenvalue weighted by atomic mass is 19.1. The van der Waals surface area contributed by atoms with Crippen molar-refractivity contribution in [2.75, 3.05) is 24.5 Å². The second-order valence-electron chi connectivity index (χ2n) is 6.03. The zero-order valence-electron chi connectivity index (χ0n) is 12.0. The first-order valence-corrected chi connectivity index (χ1v) is 7.33. The third kappa shape index (κ3) is 3.69. The van der Waals surface area contributed by atoms with Crippen LogP contribution < -0.4 is 10.6 Å². The Kier molecular flexibility index (Phi) is 4.81. The highest BCUT2D eigenvalue weighted by Gasteiger charge is 2.20. The van der Waals surface area contributed by atoms with Crippen LogP contribution in [0, 0.1) is 17.7 Å². The molecule has 0 bridgehead atoms. The zero-order valence-corrected chi connectivity index (χ0v) is 12.0. The van der Waals surface area contributed by atoms with E-state index in [2.05, 4.69) is 18.7 Å². The molecule has 1 atom stereocenters. The molecule has 1 aliphatic heterocycles. The predicted octanol–water partition coefficient (Wildman–Crippen LogP) is 3.20. The summed E-state index contributed by atoms with van der Waals surface area (Å²) in [6, 6.07) is 5.14. The molecule has 2 rings (SSSR count). The summed E-state index contributed by atoms with van der Waals surface area (Å²) in [5, 5.41) is 0. The first-order valence-electron chi connectivity index (χ1n) is 7.33. The van der Waals surface area contributed by atoms with Gasteiger partial charge in [0.1, 0.15) is 5.82 Å². The fraction of sp³-hybridized carbons (Fsp3) is 0.625. The molecule has 19 heavy (non-hydrogen) atoms. The quantitative estimate of drug-likeness (QED) is 0.855. The minimum absolute atomic E-state index is 0.136. The monoisotopic (exact) mass is 264 g/mol. The third-order valence-electron chi connectivity index (χ3n) is 3.98. The molecule has 2 nitrogen and oxygen atoms in total. The van der Waals surface area contributed by atoms with Crippen LogP contribution in [0.4, 0.5) is 10.1 Å². The van der Waals surface area contributed by atoms with Crippen molar-refractivity contribution in [3.05, 3.63) is 29.6 Å². The van der Waals surface area contributed by atoms with Crippen LogP contribution in [0.25, 0.3) is 0 Å². The maximum Gasteiger partial charge on any atom is 0.125 e. The average molecular weight is 264 g/mol. The summed E-state index contributed by atoms with van der Waals surface area (Å²) in [6.07, 6.45) is 3.32. The van der Waals surface area contributed by atoms with Gasteiger partial charge in [-0.05, 0) is 55.3 Å². The van der Waals surface area contributed by atoms with E-state index >= 15 is 0 Å². The van der Waals surface area contributed by atoms with Gasteiger partial charge in [-0.15, -0.1) is 0 Å². The molecule has 0 fully saturated rings. The van der Waals surface area contributed by atoms with Gasteiger partial charge >= 0.3 is 0 Å². The van der Waals surface area contributed by atoms with Crippen LogP contribution in [0.2, 0.25) is 0 Å². The van der Waals surface area contributed by atoms with Gasteiger partial charge in [0.15, 0.2) is 0 Å². The van der Waals surface area contributed by atoms with E-state index in [4.69, 9.17) is 5.73 Å². The van der Waals surface area contributed by atoms with Gasteiger partial charge in [0.05, 0.1) is 0 Å². The molecule has 0 aromatic heterocycles. The van der Waals surface area contributed by atoms with Crippen molar-refractivity contribution in [2.24, 2.45) is 17.6 Å². The number of rotatable bonds is 6. The summed E-state index contributed by atoms with van der Waals surface area (Å²) >= 11 is 0. The van der Waals surface area contributed by atoms with Gasteiger partial charge in [0.2, 0.25) is 0 Å². The van der Waals surface area contributed by atoms with Gasteiger partial charge in [0.25, 0.3) is 0 Å². The molecule has 0 aliphatic carbocycles. The number of hydrogen-bond acceptors (Lipinski definition) is 2. The summed E-state index contributed by atoms with van der Waals surface area (Å²) < 4.78 is 13.3. The van der Waals surface area contributed by atoms with E-state index in [1.165, 1.54) is 12.0 Å². The lowest BCUT2D eigenvalue weighted by molar-refractivity contribution is 0.395. The van der Waals surface area contributed by atoms with Crippen molar-refractivity contribution >= 4 is 5.69 Å². The summed E-state index contributed by atoms with van der Waals surface area (Å²) in [6.45, 7) is 7.23. The van der Waals surface area contributed by atoms with E-state index in [-0.39, 0.29) is 5.82 Å². The molecule has 0 radical (unpaired) electrons. The second kappa shape index (κ2) is 6.38. The van der Waals surface area contributed by atoms with E-state index in [0.29, 0.717) is 11.8 Å². The summed E-state index contributed by atoms with van der Waals surface area (Å²) in [5.41, 5.74) is 8.20. The van der Waals surface area contributed by atoms with Crippen LogP contribution in [-0.2, 0) is 6.42 Å². The number of hydrogen-bond donors (Lipinski definition) is 1. The Morgan fingerprint density at radius 2 is 2.16 bits per heavy atom. The molecule has 1 aromatic carbocycles. The van der Waals surface area contributed by atoms with Gasteiger partial charge in [-0.1, -0.05) is 19.9 Å². The summed E-state index contributed by atoms with van der Waals surface area (Å²) in [7, 11) is 0. The lowest BCUT2D eigenvalue weighted by Gasteiger charge is -2.23. The van der Waals surface area contributed by atoms with Gasteiger partial charge in [0, 0.05) is 18.8 Å². The minimum atomic E-state index is -0.136. The molecule has 0 amide bonds. The minimum Gasteiger partial charge on any atom is -0.371 e. The normalized spacial score (nSPS) is 15.9. The average Bonchev–Trinajstić information content (AvgIpc) is 2.76. The number of nitrogens with zero attached hydrogens (tertiary/aromatic N) is 1. The lowest BCUT2D eigenvalue weighted by Crippen LogP contribution is -2.27. The highest BCUT2D eigenvalue weighted by molar-refractivity contribution is 5.58. The lowest BCUT2D eigenvalue weighted by atomic mass is 9.94. The standard InChI is InChI=1S/C16H25FN2/c1-12(2)9-13(11-18)5-7-19-8-6-14-3-4-15(17)10-16(14)19/h3-4,10,12-13H,5-9,11,18H2,1-2H3. The van der Waals surface area contributed by atoms with Crippen LogP contribution in [0.5, 0.6) is 0 Å². The van der Waals surface area contributed by atoms with Gasteiger partial charge < -0.3 is 10.6 Å². The van der Waals surface area contributed by atoms with Crippen molar-refractivity contribution in [2.45, 2.75) is 33.1 Å². The Balaban J connectivity index is 1.93. The Morgan fingerprint density at radius 1 is 1.37 bits per heavy atom. The van der Waals surface area contributed by atoms with E-state index in [1.54, 1.807) is 12.1 Å². The van der Waals surface area contributed by atoms with E-state index in [9.17, 15) is 4.39 Å². The van der Waals surface area contributed by atoms with Gasteiger partial charge in [-0.3, -0.25) is 0 Å². The van der Waals surface area contributed by atoms with Crippen molar-refractivity contribution < 1.29 is 4.39 Å². The molecule has 0 saturated heterocycles. The maximum absolute atomic E-state index is 13.3. The molecule has 2 N–H and O–H groups in total. The third-order valence-corrected chi connectivity index (χ3v) is 3.98. The summed E-state index contributed by atoms with van der Waals surface area (Å²) in [5.74, 6) is 1.14. The largest absolute Gasteiger partial charge is 0.371 e. The highest BCUT2D eigenvalue weighted by Crippen LogP contribution is 2.29. The molecular weight excluding hydrogens is 239 g/mol. The zero-order chi connectivity index (χ0) is 13.8. The topological polar surface area (TPSA) is 29.3 Å². The van der Waals surface area contributed by atoms with E-state index < -0.39 is 0 Å².